The number of hydrogen-bond donors (Lipinski definition) is 1. The fourth-order valence-corrected chi connectivity index (χ4v) is 2.41. The highest BCUT2D eigenvalue weighted by molar-refractivity contribution is 5.80. The molecule has 1 unspecified atom stereocenters. The number of aliphatic imine (C=N–C) groups is 1. The molecule has 0 fully saturated rings. The summed E-state index contributed by atoms with van der Waals surface area (Å²) in [7, 11) is 1.96. The molecule has 1 atom stereocenters. The van der Waals surface area contributed by atoms with E-state index >= 15 is 0 Å². The standard InChI is InChI=1S/C12H21N5/c1-4-6-17-11(7-14-12(17)13)9-8-16(3)15-10(9)5-2/h8,11H,4-7H2,1-3H3,(H2,13,14). The van der Waals surface area contributed by atoms with Gasteiger partial charge in [-0.15, -0.1) is 0 Å². The Kier molecular flexibility index (Phi) is 3.36. The predicted octanol–water partition coefficient (Wildman–Crippen LogP) is 1.06. The third-order valence-corrected chi connectivity index (χ3v) is 3.19. The van der Waals surface area contributed by atoms with Crippen LogP contribution >= 0.6 is 0 Å². The van der Waals surface area contributed by atoms with Gasteiger partial charge in [-0.25, -0.2) is 0 Å². The van der Waals surface area contributed by atoms with E-state index in [2.05, 4.69) is 35.0 Å². The molecular formula is C12H21N5. The van der Waals surface area contributed by atoms with E-state index in [1.54, 1.807) is 0 Å². The first-order valence-corrected chi connectivity index (χ1v) is 6.26. The minimum atomic E-state index is 0.276. The third-order valence-electron chi connectivity index (χ3n) is 3.19. The van der Waals surface area contributed by atoms with Crippen LogP contribution in [0.3, 0.4) is 0 Å². The van der Waals surface area contributed by atoms with E-state index in [4.69, 9.17) is 5.73 Å². The number of nitrogens with zero attached hydrogens (tertiary/aromatic N) is 4. The number of rotatable bonds is 4. The van der Waals surface area contributed by atoms with Crippen LogP contribution in [-0.4, -0.2) is 33.7 Å². The zero-order valence-electron chi connectivity index (χ0n) is 10.8. The average Bonchev–Trinajstić information content (AvgIpc) is 2.84. The van der Waals surface area contributed by atoms with Crippen molar-refractivity contribution in [3.8, 4) is 0 Å². The van der Waals surface area contributed by atoms with Gasteiger partial charge in [0.05, 0.1) is 18.3 Å². The van der Waals surface area contributed by atoms with Crippen LogP contribution in [0.25, 0.3) is 0 Å². The lowest BCUT2D eigenvalue weighted by atomic mass is 10.1. The van der Waals surface area contributed by atoms with Crippen molar-refractivity contribution in [1.29, 1.82) is 0 Å². The number of aryl methyl sites for hydroxylation is 2. The Morgan fingerprint density at radius 1 is 1.47 bits per heavy atom. The van der Waals surface area contributed by atoms with Gasteiger partial charge in [0.25, 0.3) is 0 Å². The largest absolute Gasteiger partial charge is 0.370 e. The molecule has 5 heteroatoms. The minimum Gasteiger partial charge on any atom is -0.370 e. The maximum absolute atomic E-state index is 5.94. The molecule has 0 amide bonds. The Morgan fingerprint density at radius 3 is 2.88 bits per heavy atom. The van der Waals surface area contributed by atoms with Crippen molar-refractivity contribution in [2.24, 2.45) is 17.8 Å². The minimum absolute atomic E-state index is 0.276. The van der Waals surface area contributed by atoms with Gasteiger partial charge in [-0.3, -0.25) is 9.67 Å². The molecule has 0 spiro atoms. The zero-order chi connectivity index (χ0) is 12.4. The summed E-state index contributed by atoms with van der Waals surface area (Å²) >= 11 is 0. The maximum Gasteiger partial charge on any atom is 0.191 e. The van der Waals surface area contributed by atoms with Crippen LogP contribution in [0, 0.1) is 0 Å². The van der Waals surface area contributed by atoms with Gasteiger partial charge in [0.1, 0.15) is 0 Å². The van der Waals surface area contributed by atoms with Gasteiger partial charge < -0.3 is 10.6 Å². The van der Waals surface area contributed by atoms with Crippen LogP contribution in [0.2, 0.25) is 0 Å². The van der Waals surface area contributed by atoms with Crippen molar-refractivity contribution in [2.75, 3.05) is 13.1 Å². The lowest BCUT2D eigenvalue weighted by molar-refractivity contribution is 0.346. The molecule has 2 rings (SSSR count). The Balaban J connectivity index is 2.27. The summed E-state index contributed by atoms with van der Waals surface area (Å²) in [4.78, 5) is 6.55. The quantitative estimate of drug-likeness (QED) is 0.849. The third kappa shape index (κ3) is 2.14. The second-order valence-corrected chi connectivity index (χ2v) is 4.47. The van der Waals surface area contributed by atoms with Gasteiger partial charge in [-0.1, -0.05) is 13.8 Å². The first kappa shape index (κ1) is 12.0. The van der Waals surface area contributed by atoms with Crippen molar-refractivity contribution in [3.63, 3.8) is 0 Å². The second kappa shape index (κ2) is 4.77. The normalized spacial score (nSPS) is 19.8. The molecule has 0 bridgehead atoms. The maximum atomic E-state index is 5.94. The van der Waals surface area contributed by atoms with Crippen LogP contribution in [0.1, 0.15) is 37.6 Å². The average molecular weight is 235 g/mol. The highest BCUT2D eigenvalue weighted by atomic mass is 15.3. The number of nitrogens with two attached hydrogens (primary N) is 1. The van der Waals surface area contributed by atoms with Crippen LogP contribution in [0.5, 0.6) is 0 Å². The van der Waals surface area contributed by atoms with Crippen LogP contribution in [-0.2, 0) is 13.5 Å². The Morgan fingerprint density at radius 2 is 2.24 bits per heavy atom. The SMILES string of the molecule is CCCN1C(N)=NCC1c1cn(C)nc1CC. The van der Waals surface area contributed by atoms with Gasteiger partial charge in [-0.2, -0.15) is 5.10 Å². The number of hydrogen-bond acceptors (Lipinski definition) is 4. The molecule has 0 radical (unpaired) electrons. The molecule has 1 aromatic rings. The molecule has 0 saturated heterocycles. The fourth-order valence-electron chi connectivity index (χ4n) is 2.41. The van der Waals surface area contributed by atoms with Crippen LogP contribution < -0.4 is 5.73 Å². The highest BCUT2D eigenvalue weighted by Crippen LogP contribution is 2.27. The fraction of sp³-hybridized carbons (Fsp3) is 0.667. The first-order valence-electron chi connectivity index (χ1n) is 6.26. The first-order chi connectivity index (χ1) is 8.17. The Labute approximate surface area is 102 Å². The van der Waals surface area contributed by atoms with Gasteiger partial charge in [0, 0.05) is 25.4 Å². The van der Waals surface area contributed by atoms with Gasteiger partial charge >= 0.3 is 0 Å². The number of guanidine groups is 1. The monoisotopic (exact) mass is 235 g/mol. The van der Waals surface area contributed by atoms with E-state index < -0.39 is 0 Å². The molecule has 94 valence electrons. The Hall–Kier alpha value is -1.52. The van der Waals surface area contributed by atoms with E-state index in [1.165, 1.54) is 5.56 Å². The Bertz CT molecular complexity index is 421. The summed E-state index contributed by atoms with van der Waals surface area (Å²) in [6.45, 7) is 6.00. The molecule has 2 heterocycles. The molecule has 2 N–H and O–H groups in total. The molecule has 0 saturated carbocycles. The molecule has 1 aliphatic rings. The number of aromatic nitrogens is 2. The van der Waals surface area contributed by atoms with E-state index in [0.29, 0.717) is 5.96 Å². The summed E-state index contributed by atoms with van der Waals surface area (Å²) in [5.74, 6) is 0.669. The van der Waals surface area contributed by atoms with E-state index in [1.807, 2.05) is 11.7 Å². The van der Waals surface area contributed by atoms with Crippen molar-refractivity contribution in [2.45, 2.75) is 32.7 Å². The van der Waals surface area contributed by atoms with Crippen molar-refractivity contribution < 1.29 is 0 Å². The second-order valence-electron chi connectivity index (χ2n) is 4.47. The van der Waals surface area contributed by atoms with E-state index in [-0.39, 0.29) is 6.04 Å². The van der Waals surface area contributed by atoms with E-state index in [9.17, 15) is 0 Å². The summed E-state index contributed by atoms with van der Waals surface area (Å²) in [6, 6.07) is 0.276. The zero-order valence-corrected chi connectivity index (χ0v) is 10.8. The molecule has 5 nitrogen and oxygen atoms in total. The van der Waals surface area contributed by atoms with Crippen molar-refractivity contribution >= 4 is 5.96 Å². The molecular weight excluding hydrogens is 214 g/mol. The highest BCUT2D eigenvalue weighted by Gasteiger charge is 2.29. The summed E-state index contributed by atoms with van der Waals surface area (Å²) in [5.41, 5.74) is 8.37. The van der Waals surface area contributed by atoms with Gasteiger partial charge in [0.2, 0.25) is 0 Å². The predicted molar refractivity (Wildman–Crippen MR) is 68.8 cm³/mol. The van der Waals surface area contributed by atoms with Crippen molar-refractivity contribution in [3.05, 3.63) is 17.5 Å². The lowest BCUT2D eigenvalue weighted by Gasteiger charge is -2.25. The van der Waals surface area contributed by atoms with Gasteiger partial charge in [0.15, 0.2) is 5.96 Å². The summed E-state index contributed by atoms with van der Waals surface area (Å²) < 4.78 is 1.88. The molecule has 17 heavy (non-hydrogen) atoms. The topological polar surface area (TPSA) is 59.4 Å². The lowest BCUT2D eigenvalue weighted by Crippen LogP contribution is -2.36. The summed E-state index contributed by atoms with van der Waals surface area (Å²) in [5, 5.41) is 4.49. The van der Waals surface area contributed by atoms with E-state index in [0.717, 1.165) is 31.6 Å². The smallest absolute Gasteiger partial charge is 0.191 e. The molecule has 1 aliphatic heterocycles. The van der Waals surface area contributed by atoms with Crippen LogP contribution in [0.15, 0.2) is 11.2 Å². The summed E-state index contributed by atoms with van der Waals surface area (Å²) in [6.07, 6.45) is 4.13. The van der Waals surface area contributed by atoms with Crippen LogP contribution in [0.4, 0.5) is 0 Å². The molecule has 1 aromatic heterocycles. The van der Waals surface area contributed by atoms with Gasteiger partial charge in [-0.05, 0) is 12.8 Å². The molecule has 0 aromatic carbocycles. The van der Waals surface area contributed by atoms with Crippen molar-refractivity contribution in [1.82, 2.24) is 14.7 Å². The molecule has 0 aliphatic carbocycles.